The zero-order valence-corrected chi connectivity index (χ0v) is 12.6. The lowest BCUT2D eigenvalue weighted by Gasteiger charge is -2.08. The van der Waals surface area contributed by atoms with Crippen LogP contribution in [0.3, 0.4) is 0 Å². The van der Waals surface area contributed by atoms with Gasteiger partial charge in [0.15, 0.2) is 0 Å². The number of aliphatic carboxylic acids is 1. The zero-order chi connectivity index (χ0) is 14.2. The molecule has 0 aliphatic carbocycles. The minimum atomic E-state index is -0.833. The standard InChI is InChI=1S/C14H15BrN2O2/c1-8(14(18)19)13-9(2)16-17(10(13)3)12-6-4-5-11(15)7-12/h4-8H,1-3H3,(H,18,19). The molecular weight excluding hydrogens is 308 g/mol. The number of hydrogen-bond donors (Lipinski definition) is 1. The summed E-state index contributed by atoms with van der Waals surface area (Å²) in [6.07, 6.45) is 0. The Bertz CT molecular complexity index is 634. The number of aromatic nitrogens is 2. The fraction of sp³-hybridized carbons (Fsp3) is 0.286. The third-order valence-corrected chi connectivity index (χ3v) is 3.70. The first-order chi connectivity index (χ1) is 8.91. The number of carbonyl (C=O) groups is 1. The van der Waals surface area contributed by atoms with Crippen molar-refractivity contribution in [2.75, 3.05) is 0 Å². The number of carboxylic acids is 1. The maximum atomic E-state index is 11.2. The molecule has 0 aliphatic heterocycles. The van der Waals surface area contributed by atoms with Crippen LogP contribution in [0.15, 0.2) is 28.7 Å². The Balaban J connectivity index is 2.56. The van der Waals surface area contributed by atoms with Gasteiger partial charge in [-0.05, 0) is 39.0 Å². The Morgan fingerprint density at radius 1 is 1.42 bits per heavy atom. The molecule has 0 aliphatic rings. The van der Waals surface area contributed by atoms with Crippen LogP contribution in [-0.4, -0.2) is 20.9 Å². The first-order valence-electron chi connectivity index (χ1n) is 5.96. The molecular formula is C14H15BrN2O2. The number of hydrogen-bond acceptors (Lipinski definition) is 2. The van der Waals surface area contributed by atoms with Gasteiger partial charge in [0, 0.05) is 15.7 Å². The van der Waals surface area contributed by atoms with E-state index in [4.69, 9.17) is 5.11 Å². The molecule has 0 saturated carbocycles. The maximum absolute atomic E-state index is 11.2. The highest BCUT2D eigenvalue weighted by Crippen LogP contribution is 2.26. The lowest BCUT2D eigenvalue weighted by molar-refractivity contribution is -0.138. The first-order valence-corrected chi connectivity index (χ1v) is 6.76. The van der Waals surface area contributed by atoms with Crippen LogP contribution in [-0.2, 0) is 4.79 Å². The second kappa shape index (κ2) is 5.17. The lowest BCUT2D eigenvalue weighted by Crippen LogP contribution is -2.09. The predicted octanol–water partition coefficient (Wildman–Crippen LogP) is 3.44. The molecule has 1 unspecified atom stereocenters. The van der Waals surface area contributed by atoms with Crippen molar-refractivity contribution in [2.45, 2.75) is 26.7 Å². The fourth-order valence-corrected chi connectivity index (χ4v) is 2.65. The van der Waals surface area contributed by atoms with E-state index < -0.39 is 11.9 Å². The maximum Gasteiger partial charge on any atom is 0.310 e. The molecule has 5 heteroatoms. The van der Waals surface area contributed by atoms with Crippen LogP contribution in [0.4, 0.5) is 0 Å². The van der Waals surface area contributed by atoms with Gasteiger partial charge in [0.1, 0.15) is 0 Å². The normalized spacial score (nSPS) is 12.4. The summed E-state index contributed by atoms with van der Waals surface area (Å²) in [5.41, 5.74) is 3.32. The van der Waals surface area contributed by atoms with E-state index in [9.17, 15) is 4.79 Å². The average Bonchev–Trinajstić information content (AvgIpc) is 2.64. The van der Waals surface area contributed by atoms with Gasteiger partial charge in [-0.3, -0.25) is 4.79 Å². The van der Waals surface area contributed by atoms with E-state index in [1.54, 1.807) is 11.6 Å². The molecule has 0 bridgehead atoms. The molecule has 0 saturated heterocycles. The van der Waals surface area contributed by atoms with Crippen molar-refractivity contribution in [3.05, 3.63) is 45.7 Å². The highest BCUT2D eigenvalue weighted by Gasteiger charge is 2.23. The molecule has 1 atom stereocenters. The number of halogens is 1. The zero-order valence-electron chi connectivity index (χ0n) is 11.0. The Morgan fingerprint density at radius 3 is 2.68 bits per heavy atom. The van der Waals surface area contributed by atoms with Gasteiger partial charge in [0.2, 0.25) is 0 Å². The van der Waals surface area contributed by atoms with Gasteiger partial charge in [0.05, 0.1) is 17.3 Å². The van der Waals surface area contributed by atoms with Crippen molar-refractivity contribution in [3.63, 3.8) is 0 Å². The molecule has 100 valence electrons. The quantitative estimate of drug-likeness (QED) is 0.941. The van der Waals surface area contributed by atoms with Crippen LogP contribution in [0.1, 0.15) is 29.8 Å². The molecule has 0 radical (unpaired) electrons. The van der Waals surface area contributed by atoms with E-state index in [0.29, 0.717) is 0 Å². The van der Waals surface area contributed by atoms with E-state index in [1.807, 2.05) is 38.1 Å². The van der Waals surface area contributed by atoms with Crippen LogP contribution < -0.4 is 0 Å². The van der Waals surface area contributed by atoms with Gasteiger partial charge >= 0.3 is 5.97 Å². The molecule has 1 aromatic carbocycles. The Morgan fingerprint density at radius 2 is 2.11 bits per heavy atom. The van der Waals surface area contributed by atoms with Gasteiger partial charge in [-0.15, -0.1) is 0 Å². The smallest absolute Gasteiger partial charge is 0.310 e. The highest BCUT2D eigenvalue weighted by atomic mass is 79.9. The predicted molar refractivity (Wildman–Crippen MR) is 76.8 cm³/mol. The first kappa shape index (κ1) is 13.8. The van der Waals surface area contributed by atoms with Crippen LogP contribution in [0.5, 0.6) is 0 Å². The SMILES string of the molecule is Cc1nn(-c2cccc(Br)c2)c(C)c1C(C)C(=O)O. The fourth-order valence-electron chi connectivity index (χ4n) is 2.26. The summed E-state index contributed by atoms with van der Waals surface area (Å²) in [6, 6.07) is 7.76. The van der Waals surface area contributed by atoms with Crippen molar-refractivity contribution >= 4 is 21.9 Å². The number of aryl methyl sites for hydroxylation is 1. The van der Waals surface area contributed by atoms with Gasteiger partial charge in [0.25, 0.3) is 0 Å². The summed E-state index contributed by atoms with van der Waals surface area (Å²) in [4.78, 5) is 11.2. The second-order valence-electron chi connectivity index (χ2n) is 4.54. The monoisotopic (exact) mass is 322 g/mol. The molecule has 0 fully saturated rings. The van der Waals surface area contributed by atoms with Gasteiger partial charge < -0.3 is 5.11 Å². The molecule has 1 N–H and O–H groups in total. The third-order valence-electron chi connectivity index (χ3n) is 3.20. The van der Waals surface area contributed by atoms with Gasteiger partial charge in [-0.25, -0.2) is 4.68 Å². The van der Waals surface area contributed by atoms with Crippen LogP contribution in [0.25, 0.3) is 5.69 Å². The van der Waals surface area contributed by atoms with E-state index in [2.05, 4.69) is 21.0 Å². The summed E-state index contributed by atoms with van der Waals surface area (Å²) in [7, 11) is 0. The average molecular weight is 323 g/mol. The van der Waals surface area contributed by atoms with Crippen molar-refractivity contribution in [3.8, 4) is 5.69 Å². The molecule has 2 aromatic rings. The number of nitrogens with zero attached hydrogens (tertiary/aromatic N) is 2. The van der Waals surface area contributed by atoms with Crippen molar-refractivity contribution in [2.24, 2.45) is 0 Å². The minimum Gasteiger partial charge on any atom is -0.481 e. The number of carboxylic acid groups (broad SMARTS) is 1. The number of benzene rings is 1. The molecule has 0 amide bonds. The molecule has 4 nitrogen and oxygen atoms in total. The Hall–Kier alpha value is -1.62. The largest absolute Gasteiger partial charge is 0.481 e. The minimum absolute atomic E-state index is 0.555. The topological polar surface area (TPSA) is 55.1 Å². The molecule has 1 heterocycles. The summed E-state index contributed by atoms with van der Waals surface area (Å²) in [5.74, 6) is -1.39. The number of rotatable bonds is 3. The molecule has 0 spiro atoms. The van der Waals surface area contributed by atoms with E-state index in [1.165, 1.54) is 0 Å². The summed E-state index contributed by atoms with van der Waals surface area (Å²) in [6.45, 7) is 5.43. The van der Waals surface area contributed by atoms with Crippen LogP contribution >= 0.6 is 15.9 Å². The molecule has 1 aromatic heterocycles. The summed E-state index contributed by atoms with van der Waals surface area (Å²) < 4.78 is 2.75. The highest BCUT2D eigenvalue weighted by molar-refractivity contribution is 9.10. The van der Waals surface area contributed by atoms with Gasteiger partial charge in [-0.2, -0.15) is 5.10 Å². The van der Waals surface area contributed by atoms with Gasteiger partial charge in [-0.1, -0.05) is 22.0 Å². The van der Waals surface area contributed by atoms with Crippen molar-refractivity contribution in [1.29, 1.82) is 0 Å². The Labute approximate surface area is 120 Å². The Kier molecular flexibility index (Phi) is 3.75. The van der Waals surface area contributed by atoms with Crippen molar-refractivity contribution in [1.82, 2.24) is 9.78 Å². The van der Waals surface area contributed by atoms with Crippen LogP contribution in [0, 0.1) is 13.8 Å². The molecule has 19 heavy (non-hydrogen) atoms. The molecule has 2 rings (SSSR count). The van der Waals surface area contributed by atoms with E-state index in [-0.39, 0.29) is 0 Å². The third kappa shape index (κ3) is 2.56. The van der Waals surface area contributed by atoms with Crippen LogP contribution in [0.2, 0.25) is 0 Å². The second-order valence-corrected chi connectivity index (χ2v) is 5.45. The summed E-state index contributed by atoms with van der Waals surface area (Å²) >= 11 is 3.43. The van der Waals surface area contributed by atoms with E-state index in [0.717, 1.165) is 27.1 Å². The van der Waals surface area contributed by atoms with E-state index >= 15 is 0 Å². The summed E-state index contributed by atoms with van der Waals surface area (Å²) in [5, 5.41) is 13.6. The van der Waals surface area contributed by atoms with Crippen molar-refractivity contribution < 1.29 is 9.90 Å². The lowest BCUT2D eigenvalue weighted by atomic mass is 9.99.